The highest BCUT2D eigenvalue weighted by Gasteiger charge is 2.24. The number of aromatic carboxylic acids is 1. The lowest BCUT2D eigenvalue weighted by Crippen LogP contribution is -2.27. The van der Waals surface area contributed by atoms with Gasteiger partial charge in [0.15, 0.2) is 0 Å². The minimum absolute atomic E-state index is 0.173. The zero-order valence-corrected chi connectivity index (χ0v) is 17.8. The molecular formula is C23H24FN3O4. The Hall–Kier alpha value is -3.68. The molecule has 1 amide bonds. The summed E-state index contributed by atoms with van der Waals surface area (Å²) in [6, 6.07) is 10.4. The average Bonchev–Trinajstić information content (AvgIpc) is 3.02. The maximum Gasteiger partial charge on any atom is 0.335 e. The standard InChI is InChI=1S/C23H24FN3O4/c1-5-15-12-18(10-11-19(15)24)31-22-20(14(3)26-27(22)4)21(28)25-13(2)16-6-8-17(9-7-16)23(29)30/h6-13H,5H2,1-4H3,(H,25,28)(H,29,30)/t13-/m0/s1. The molecule has 7 nitrogen and oxygen atoms in total. The van der Waals surface area contributed by atoms with Crippen molar-refractivity contribution in [2.45, 2.75) is 33.2 Å². The summed E-state index contributed by atoms with van der Waals surface area (Å²) < 4.78 is 21.2. The van der Waals surface area contributed by atoms with Gasteiger partial charge >= 0.3 is 5.97 Å². The number of amides is 1. The van der Waals surface area contributed by atoms with E-state index in [2.05, 4.69) is 10.4 Å². The van der Waals surface area contributed by atoms with Crippen LogP contribution < -0.4 is 10.1 Å². The fourth-order valence-electron chi connectivity index (χ4n) is 3.28. The minimum Gasteiger partial charge on any atom is -0.478 e. The van der Waals surface area contributed by atoms with Crippen molar-refractivity contribution in [2.24, 2.45) is 7.05 Å². The number of carboxylic acids is 1. The minimum atomic E-state index is -1.01. The fourth-order valence-corrected chi connectivity index (χ4v) is 3.28. The van der Waals surface area contributed by atoms with Crippen LogP contribution in [0.1, 0.15) is 57.4 Å². The van der Waals surface area contributed by atoms with Crippen LogP contribution in [0.25, 0.3) is 0 Å². The van der Waals surface area contributed by atoms with Gasteiger partial charge in [0.05, 0.1) is 17.3 Å². The Bertz CT molecular complexity index is 1120. The number of ether oxygens (including phenoxy) is 1. The molecule has 0 radical (unpaired) electrons. The Balaban J connectivity index is 1.84. The molecule has 8 heteroatoms. The molecule has 0 aliphatic heterocycles. The smallest absolute Gasteiger partial charge is 0.335 e. The van der Waals surface area contributed by atoms with Crippen molar-refractivity contribution in [3.05, 3.63) is 76.2 Å². The van der Waals surface area contributed by atoms with E-state index in [1.165, 1.54) is 28.9 Å². The lowest BCUT2D eigenvalue weighted by Gasteiger charge is -2.15. The van der Waals surface area contributed by atoms with Gasteiger partial charge in [-0.15, -0.1) is 0 Å². The summed E-state index contributed by atoms with van der Waals surface area (Å²) in [6.45, 7) is 5.35. The molecule has 0 bridgehead atoms. The van der Waals surface area contributed by atoms with E-state index in [4.69, 9.17) is 9.84 Å². The second-order valence-electron chi connectivity index (χ2n) is 7.22. The zero-order valence-electron chi connectivity index (χ0n) is 17.8. The number of carboxylic acid groups (broad SMARTS) is 1. The molecule has 1 atom stereocenters. The van der Waals surface area contributed by atoms with Gasteiger partial charge in [0, 0.05) is 7.05 Å². The van der Waals surface area contributed by atoms with E-state index in [1.807, 2.05) is 6.92 Å². The van der Waals surface area contributed by atoms with Crippen molar-refractivity contribution in [2.75, 3.05) is 0 Å². The molecule has 0 unspecified atom stereocenters. The third-order valence-electron chi connectivity index (χ3n) is 5.01. The topological polar surface area (TPSA) is 93.4 Å². The van der Waals surface area contributed by atoms with Gasteiger partial charge in [0.1, 0.15) is 17.1 Å². The maximum absolute atomic E-state index is 13.8. The molecule has 31 heavy (non-hydrogen) atoms. The van der Waals surface area contributed by atoms with Crippen LogP contribution >= 0.6 is 0 Å². The highest BCUT2D eigenvalue weighted by molar-refractivity contribution is 5.98. The summed E-state index contributed by atoms with van der Waals surface area (Å²) in [5.41, 5.74) is 2.21. The number of nitrogens with zero attached hydrogens (tertiary/aromatic N) is 2. The van der Waals surface area contributed by atoms with Gasteiger partial charge in [0.25, 0.3) is 5.91 Å². The van der Waals surface area contributed by atoms with Crippen molar-refractivity contribution >= 4 is 11.9 Å². The number of aromatic nitrogens is 2. The van der Waals surface area contributed by atoms with Crippen LogP contribution in [0.5, 0.6) is 11.6 Å². The highest BCUT2D eigenvalue weighted by atomic mass is 19.1. The Morgan fingerprint density at radius 3 is 2.52 bits per heavy atom. The van der Waals surface area contributed by atoms with Gasteiger partial charge < -0.3 is 15.2 Å². The molecule has 0 saturated heterocycles. The van der Waals surface area contributed by atoms with Crippen LogP contribution in [-0.2, 0) is 13.5 Å². The van der Waals surface area contributed by atoms with Crippen LogP contribution in [-0.4, -0.2) is 26.8 Å². The first-order valence-electron chi connectivity index (χ1n) is 9.85. The molecule has 0 spiro atoms. The summed E-state index contributed by atoms with van der Waals surface area (Å²) in [4.78, 5) is 24.0. The van der Waals surface area contributed by atoms with Crippen LogP contribution in [0, 0.1) is 12.7 Å². The molecule has 1 heterocycles. The molecule has 1 aromatic heterocycles. The number of nitrogens with one attached hydrogen (secondary N) is 1. The lowest BCUT2D eigenvalue weighted by atomic mass is 10.1. The largest absolute Gasteiger partial charge is 0.478 e. The summed E-state index contributed by atoms with van der Waals surface area (Å²) in [7, 11) is 1.66. The van der Waals surface area contributed by atoms with Crippen molar-refractivity contribution in [1.29, 1.82) is 0 Å². The molecular weight excluding hydrogens is 401 g/mol. The Morgan fingerprint density at radius 1 is 1.23 bits per heavy atom. The average molecular weight is 425 g/mol. The molecule has 0 saturated carbocycles. The van der Waals surface area contributed by atoms with Crippen LogP contribution in [0.4, 0.5) is 4.39 Å². The summed E-state index contributed by atoms with van der Waals surface area (Å²) in [5, 5.41) is 16.2. The normalized spacial score (nSPS) is 11.8. The van der Waals surface area contributed by atoms with Crippen molar-refractivity contribution < 1.29 is 23.8 Å². The summed E-state index contributed by atoms with van der Waals surface area (Å²) in [5.74, 6) is -1.04. The van der Waals surface area contributed by atoms with Crippen molar-refractivity contribution in [1.82, 2.24) is 15.1 Å². The molecule has 3 rings (SSSR count). The number of hydrogen-bond acceptors (Lipinski definition) is 4. The van der Waals surface area contributed by atoms with Gasteiger partial charge in [-0.05, 0) is 61.7 Å². The first-order valence-corrected chi connectivity index (χ1v) is 9.85. The Morgan fingerprint density at radius 2 is 1.90 bits per heavy atom. The van der Waals surface area contributed by atoms with E-state index in [0.717, 1.165) is 5.56 Å². The number of rotatable bonds is 7. The number of carbonyl (C=O) groups excluding carboxylic acids is 1. The monoisotopic (exact) mass is 425 g/mol. The quantitative estimate of drug-likeness (QED) is 0.585. The number of aryl methyl sites for hydroxylation is 3. The Kier molecular flexibility index (Phi) is 6.39. The van der Waals surface area contributed by atoms with Gasteiger partial charge in [0.2, 0.25) is 5.88 Å². The molecule has 162 valence electrons. The van der Waals surface area contributed by atoms with Gasteiger partial charge in [-0.25, -0.2) is 13.9 Å². The van der Waals surface area contributed by atoms with E-state index in [1.54, 1.807) is 39.1 Å². The highest BCUT2D eigenvalue weighted by Crippen LogP contribution is 2.29. The van der Waals surface area contributed by atoms with E-state index >= 15 is 0 Å². The summed E-state index contributed by atoms with van der Waals surface area (Å²) >= 11 is 0. The van der Waals surface area contributed by atoms with E-state index in [9.17, 15) is 14.0 Å². The van der Waals surface area contributed by atoms with Crippen molar-refractivity contribution in [3.63, 3.8) is 0 Å². The predicted molar refractivity (Wildman–Crippen MR) is 113 cm³/mol. The first kappa shape index (κ1) is 22.0. The molecule has 2 aromatic carbocycles. The Labute approximate surface area is 179 Å². The van der Waals surface area contributed by atoms with Crippen LogP contribution in [0.15, 0.2) is 42.5 Å². The third-order valence-corrected chi connectivity index (χ3v) is 5.01. The van der Waals surface area contributed by atoms with E-state index < -0.39 is 5.97 Å². The number of halogens is 1. The fraction of sp³-hybridized carbons (Fsp3) is 0.261. The van der Waals surface area contributed by atoms with E-state index in [-0.39, 0.29) is 34.8 Å². The van der Waals surface area contributed by atoms with E-state index in [0.29, 0.717) is 23.4 Å². The van der Waals surface area contributed by atoms with Crippen LogP contribution in [0.3, 0.4) is 0 Å². The number of benzene rings is 2. The third kappa shape index (κ3) is 4.74. The van der Waals surface area contributed by atoms with Crippen molar-refractivity contribution in [3.8, 4) is 11.6 Å². The molecule has 0 fully saturated rings. The lowest BCUT2D eigenvalue weighted by molar-refractivity contribution is 0.0696. The second-order valence-corrected chi connectivity index (χ2v) is 7.22. The van der Waals surface area contributed by atoms with Gasteiger partial charge in [-0.2, -0.15) is 5.10 Å². The molecule has 2 N–H and O–H groups in total. The van der Waals surface area contributed by atoms with Gasteiger partial charge in [-0.1, -0.05) is 19.1 Å². The first-order chi connectivity index (χ1) is 14.7. The van der Waals surface area contributed by atoms with Gasteiger partial charge in [-0.3, -0.25) is 4.79 Å². The summed E-state index contributed by atoms with van der Waals surface area (Å²) in [6.07, 6.45) is 0.513. The molecule has 0 aliphatic rings. The number of carbonyl (C=O) groups is 2. The second kappa shape index (κ2) is 8.99. The molecule has 3 aromatic rings. The zero-order chi connectivity index (χ0) is 22.7. The maximum atomic E-state index is 13.8. The molecule has 0 aliphatic carbocycles. The predicted octanol–water partition coefficient (Wildman–Crippen LogP) is 4.41. The number of hydrogen-bond donors (Lipinski definition) is 2. The SMILES string of the molecule is CCc1cc(Oc2c(C(=O)N[C@@H](C)c3ccc(C(=O)O)cc3)c(C)nn2C)ccc1F. The van der Waals surface area contributed by atoms with Crippen LogP contribution in [0.2, 0.25) is 0 Å².